The quantitative estimate of drug-likeness (QED) is 0.921. The lowest BCUT2D eigenvalue weighted by Gasteiger charge is -2.33. The van der Waals surface area contributed by atoms with Gasteiger partial charge in [-0.15, -0.1) is 0 Å². The molecule has 4 nitrogen and oxygen atoms in total. The summed E-state index contributed by atoms with van der Waals surface area (Å²) in [5, 5.41) is 3.24. The zero-order valence-electron chi connectivity index (χ0n) is 13.0. The largest absolute Gasteiger partial charge is 0.417 e. The third-order valence-corrected chi connectivity index (χ3v) is 4.57. The number of ether oxygens (including phenoxy) is 1. The summed E-state index contributed by atoms with van der Waals surface area (Å²) in [6, 6.07) is 2.76. The highest BCUT2D eigenvalue weighted by molar-refractivity contribution is 5.37. The maximum Gasteiger partial charge on any atom is 0.417 e. The fourth-order valence-corrected chi connectivity index (χ4v) is 3.21. The fraction of sp³-hybridized carbons (Fsp3) is 0.688. The van der Waals surface area contributed by atoms with Gasteiger partial charge >= 0.3 is 6.18 Å². The molecule has 2 aliphatic heterocycles. The maximum absolute atomic E-state index is 12.5. The van der Waals surface area contributed by atoms with E-state index >= 15 is 0 Å². The lowest BCUT2D eigenvalue weighted by molar-refractivity contribution is -0.137. The molecule has 0 bridgehead atoms. The molecule has 0 amide bonds. The molecule has 7 heteroatoms. The maximum atomic E-state index is 12.5. The molecular weight excluding hydrogens is 307 g/mol. The lowest BCUT2D eigenvalue weighted by Crippen LogP contribution is -2.41. The highest BCUT2D eigenvalue weighted by atomic mass is 19.4. The van der Waals surface area contributed by atoms with Crippen molar-refractivity contribution in [3.63, 3.8) is 0 Å². The molecule has 0 saturated carbocycles. The summed E-state index contributed by atoms with van der Waals surface area (Å²) in [5.74, 6) is 1.16. The van der Waals surface area contributed by atoms with Crippen molar-refractivity contribution in [3.05, 3.63) is 23.9 Å². The Labute approximate surface area is 134 Å². The molecule has 1 N–H and O–H groups in total. The molecule has 0 radical (unpaired) electrons. The van der Waals surface area contributed by atoms with Crippen molar-refractivity contribution in [2.45, 2.75) is 31.5 Å². The summed E-state index contributed by atoms with van der Waals surface area (Å²) in [6.07, 6.45) is -0.335. The number of hydrogen-bond acceptors (Lipinski definition) is 4. The molecule has 1 unspecified atom stereocenters. The molecule has 3 heterocycles. The Hall–Kier alpha value is -1.34. The predicted octanol–water partition coefficient (Wildman–Crippen LogP) is 3.01. The average Bonchev–Trinajstić information content (AvgIpc) is 3.02. The zero-order chi connectivity index (χ0) is 16.3. The molecule has 128 valence electrons. The van der Waals surface area contributed by atoms with Gasteiger partial charge in [0.25, 0.3) is 0 Å². The van der Waals surface area contributed by atoms with Crippen molar-refractivity contribution in [2.24, 2.45) is 5.92 Å². The van der Waals surface area contributed by atoms with Crippen molar-refractivity contribution in [1.82, 2.24) is 9.88 Å². The van der Waals surface area contributed by atoms with Crippen LogP contribution in [0, 0.1) is 5.92 Å². The first-order chi connectivity index (χ1) is 11.0. The van der Waals surface area contributed by atoms with Crippen LogP contribution in [0.2, 0.25) is 0 Å². The van der Waals surface area contributed by atoms with Crippen LogP contribution in [0.15, 0.2) is 18.3 Å². The number of anilines is 1. The highest BCUT2D eigenvalue weighted by Gasteiger charge is 2.31. The number of hydrogen-bond donors (Lipinski definition) is 1. The summed E-state index contributed by atoms with van der Waals surface area (Å²) in [6.45, 7) is 4.85. The standard InChI is InChI=1S/C16H22F3N3O/c17-16(18,19)13-1-2-15(20-9-13)21-14-3-6-22(7-4-14)10-12-5-8-23-11-12/h1-2,9,12,14H,3-8,10-11H2,(H,20,21). The Kier molecular flexibility index (Phi) is 5.06. The van der Waals surface area contributed by atoms with Crippen LogP contribution in [0.5, 0.6) is 0 Å². The summed E-state index contributed by atoms with van der Waals surface area (Å²) in [5.41, 5.74) is -0.711. The first-order valence-corrected chi connectivity index (χ1v) is 8.10. The molecule has 3 rings (SSSR count). The second-order valence-electron chi connectivity index (χ2n) is 6.38. The molecule has 2 aliphatic rings. The van der Waals surface area contributed by atoms with E-state index in [4.69, 9.17) is 4.74 Å². The Balaban J connectivity index is 1.45. The van der Waals surface area contributed by atoms with Crippen molar-refractivity contribution in [2.75, 3.05) is 38.2 Å². The van der Waals surface area contributed by atoms with E-state index in [2.05, 4.69) is 15.2 Å². The van der Waals surface area contributed by atoms with Crippen LogP contribution in [0.4, 0.5) is 19.0 Å². The van der Waals surface area contributed by atoms with E-state index < -0.39 is 11.7 Å². The number of nitrogens with zero attached hydrogens (tertiary/aromatic N) is 2. The Morgan fingerprint density at radius 1 is 1.22 bits per heavy atom. The molecule has 2 saturated heterocycles. The van der Waals surface area contributed by atoms with Crippen molar-refractivity contribution >= 4 is 5.82 Å². The van der Waals surface area contributed by atoms with E-state index in [0.29, 0.717) is 11.7 Å². The molecule has 1 aromatic rings. The molecule has 2 fully saturated rings. The Bertz CT molecular complexity index is 492. The van der Waals surface area contributed by atoms with Gasteiger partial charge < -0.3 is 15.0 Å². The second kappa shape index (κ2) is 7.05. The smallest absolute Gasteiger partial charge is 0.381 e. The molecule has 0 aliphatic carbocycles. The summed E-state index contributed by atoms with van der Waals surface area (Å²) in [4.78, 5) is 6.34. The van der Waals surface area contributed by atoms with Crippen LogP contribution in [-0.4, -0.2) is 48.8 Å². The van der Waals surface area contributed by atoms with E-state index in [1.165, 1.54) is 6.07 Å². The van der Waals surface area contributed by atoms with Gasteiger partial charge in [-0.2, -0.15) is 13.2 Å². The first kappa shape index (κ1) is 16.5. The number of rotatable bonds is 4. The van der Waals surface area contributed by atoms with Gasteiger partial charge in [-0.05, 0) is 37.3 Å². The third kappa shape index (κ3) is 4.57. The minimum Gasteiger partial charge on any atom is -0.381 e. The van der Waals surface area contributed by atoms with E-state index in [-0.39, 0.29) is 6.04 Å². The van der Waals surface area contributed by atoms with Crippen LogP contribution >= 0.6 is 0 Å². The number of halogens is 3. The molecular formula is C16H22F3N3O. The highest BCUT2D eigenvalue weighted by Crippen LogP contribution is 2.29. The Morgan fingerprint density at radius 3 is 2.57 bits per heavy atom. The average molecular weight is 329 g/mol. The molecule has 1 atom stereocenters. The van der Waals surface area contributed by atoms with Crippen LogP contribution in [0.1, 0.15) is 24.8 Å². The summed E-state index contributed by atoms with van der Waals surface area (Å²) in [7, 11) is 0. The van der Waals surface area contributed by atoms with Gasteiger partial charge in [-0.3, -0.25) is 0 Å². The van der Waals surface area contributed by atoms with E-state index in [1.54, 1.807) is 0 Å². The molecule has 1 aromatic heterocycles. The van der Waals surface area contributed by atoms with Crippen molar-refractivity contribution in [1.29, 1.82) is 0 Å². The van der Waals surface area contributed by atoms with Crippen molar-refractivity contribution in [3.8, 4) is 0 Å². The second-order valence-corrected chi connectivity index (χ2v) is 6.38. The SMILES string of the molecule is FC(F)(F)c1ccc(NC2CCN(CC3CCOC3)CC2)nc1. The summed E-state index contributed by atoms with van der Waals surface area (Å²) < 4.78 is 42.9. The number of piperidine rings is 1. The fourth-order valence-electron chi connectivity index (χ4n) is 3.21. The van der Waals surface area contributed by atoms with Crippen molar-refractivity contribution < 1.29 is 17.9 Å². The van der Waals surface area contributed by atoms with Gasteiger partial charge in [0.1, 0.15) is 5.82 Å². The van der Waals surface area contributed by atoms with E-state index in [9.17, 15) is 13.2 Å². The number of likely N-dealkylation sites (tertiary alicyclic amines) is 1. The minimum atomic E-state index is -4.33. The van der Waals surface area contributed by atoms with Crippen LogP contribution in [0.3, 0.4) is 0 Å². The summed E-state index contributed by atoms with van der Waals surface area (Å²) >= 11 is 0. The van der Waals surface area contributed by atoms with Crippen LogP contribution < -0.4 is 5.32 Å². The molecule has 23 heavy (non-hydrogen) atoms. The van der Waals surface area contributed by atoms with Gasteiger partial charge in [0.15, 0.2) is 0 Å². The van der Waals surface area contributed by atoms with Gasteiger partial charge in [0.05, 0.1) is 12.2 Å². The number of nitrogens with one attached hydrogen (secondary N) is 1. The number of aromatic nitrogens is 1. The molecule has 0 aromatic carbocycles. The zero-order valence-corrected chi connectivity index (χ0v) is 13.0. The van der Waals surface area contributed by atoms with Gasteiger partial charge in [0, 0.05) is 38.5 Å². The monoisotopic (exact) mass is 329 g/mol. The van der Waals surface area contributed by atoms with Gasteiger partial charge in [-0.1, -0.05) is 0 Å². The third-order valence-electron chi connectivity index (χ3n) is 4.57. The van der Waals surface area contributed by atoms with Gasteiger partial charge in [0.2, 0.25) is 0 Å². The van der Waals surface area contributed by atoms with Gasteiger partial charge in [-0.25, -0.2) is 4.98 Å². The predicted molar refractivity (Wildman–Crippen MR) is 81.2 cm³/mol. The van der Waals surface area contributed by atoms with E-state index in [0.717, 1.165) is 64.4 Å². The number of pyridine rings is 1. The van der Waals surface area contributed by atoms with Crippen LogP contribution in [0.25, 0.3) is 0 Å². The molecule has 0 spiro atoms. The normalized spacial score (nSPS) is 24.0. The van der Waals surface area contributed by atoms with E-state index in [1.807, 2.05) is 0 Å². The first-order valence-electron chi connectivity index (χ1n) is 8.10. The van der Waals surface area contributed by atoms with Crippen LogP contribution in [-0.2, 0) is 10.9 Å². The topological polar surface area (TPSA) is 37.4 Å². The minimum absolute atomic E-state index is 0.273. The Morgan fingerprint density at radius 2 is 2.00 bits per heavy atom. The lowest BCUT2D eigenvalue weighted by atomic mass is 10.0. The number of alkyl halides is 3.